The Balaban J connectivity index is 1.45. The maximum Gasteiger partial charge on any atom is 0.417 e. The number of nitrogens with zero attached hydrogens (tertiary/aromatic N) is 3. The molecule has 2 heterocycles. The third-order valence-electron chi connectivity index (χ3n) is 11.7. The highest BCUT2D eigenvalue weighted by Crippen LogP contribution is 2.48. The van der Waals surface area contributed by atoms with Crippen LogP contribution in [0.3, 0.4) is 0 Å². The zero-order valence-electron chi connectivity index (χ0n) is 34.3. The van der Waals surface area contributed by atoms with E-state index >= 15 is 0 Å². The lowest BCUT2D eigenvalue weighted by atomic mass is 9.92. The molecule has 358 valence electrons. The van der Waals surface area contributed by atoms with Gasteiger partial charge in [-0.2, -0.15) is 84.3 Å². The highest BCUT2D eigenvalue weighted by Gasteiger charge is 2.40. The molecule has 0 N–H and O–H groups in total. The SMILES string of the molecule is N#Cc1ccc(-n2c3ccc(C(F)(F)F)cc3c3cc(C(F)(F)F)ccc32)c(-c2cc(-c3ccc(C(F)(F)F)cc3C(F)(F)F)ccc2-n2c3ccc(C(F)(F)F)cc3c3cc(C(F)(F)F)ccc32)c1. The summed E-state index contributed by atoms with van der Waals surface area (Å²) in [5.74, 6) is 0. The van der Waals surface area contributed by atoms with E-state index in [0.717, 1.165) is 53.1 Å². The molecule has 0 amide bonds. The van der Waals surface area contributed by atoms with Crippen molar-refractivity contribution >= 4 is 43.6 Å². The van der Waals surface area contributed by atoms with E-state index in [1.807, 2.05) is 6.07 Å². The molecule has 3 nitrogen and oxygen atoms in total. The fraction of sp³-hybridized carbons (Fsp3) is 0.122. The van der Waals surface area contributed by atoms with Crippen molar-refractivity contribution in [2.24, 2.45) is 0 Å². The van der Waals surface area contributed by atoms with Gasteiger partial charge in [0.1, 0.15) is 0 Å². The second-order valence-electron chi connectivity index (χ2n) is 15.9. The Morgan fingerprint density at radius 2 is 0.643 bits per heavy atom. The number of hydrogen-bond acceptors (Lipinski definition) is 1. The van der Waals surface area contributed by atoms with Crippen LogP contribution in [-0.4, -0.2) is 9.13 Å². The van der Waals surface area contributed by atoms with Crippen molar-refractivity contribution in [1.82, 2.24) is 9.13 Å². The van der Waals surface area contributed by atoms with E-state index in [-0.39, 0.29) is 67.0 Å². The monoisotopic (exact) mass is 993 g/mol. The molecule has 0 aliphatic heterocycles. The van der Waals surface area contributed by atoms with Crippen molar-refractivity contribution in [3.63, 3.8) is 0 Å². The van der Waals surface area contributed by atoms with Crippen molar-refractivity contribution in [3.8, 4) is 39.7 Å². The van der Waals surface area contributed by atoms with Gasteiger partial charge in [-0.3, -0.25) is 0 Å². The number of aromatic nitrogens is 2. The molecule has 9 aromatic rings. The van der Waals surface area contributed by atoms with Crippen LogP contribution >= 0.6 is 0 Å². The predicted octanol–water partition coefficient (Wildman–Crippen LogP) is 17.2. The molecule has 7 aromatic carbocycles. The van der Waals surface area contributed by atoms with Crippen LogP contribution in [0.4, 0.5) is 79.0 Å². The summed E-state index contributed by atoms with van der Waals surface area (Å²) in [5, 5.41) is 8.58. The minimum atomic E-state index is -5.46. The molecule has 9 rings (SSSR count). The Morgan fingerprint density at radius 3 is 0.986 bits per heavy atom. The summed E-state index contributed by atoms with van der Waals surface area (Å²) in [5.41, 5.74) is -12.1. The topological polar surface area (TPSA) is 33.6 Å². The van der Waals surface area contributed by atoms with Crippen molar-refractivity contribution in [2.45, 2.75) is 37.1 Å². The summed E-state index contributed by atoms with van der Waals surface area (Å²) in [6.45, 7) is 0. The van der Waals surface area contributed by atoms with Gasteiger partial charge in [-0.15, -0.1) is 0 Å². The van der Waals surface area contributed by atoms with Crippen molar-refractivity contribution in [1.29, 1.82) is 5.26 Å². The van der Waals surface area contributed by atoms with E-state index in [1.54, 1.807) is 0 Å². The Kier molecular flexibility index (Phi) is 10.6. The zero-order chi connectivity index (χ0) is 50.8. The first-order chi connectivity index (χ1) is 32.4. The maximum atomic E-state index is 14.7. The number of alkyl halides is 18. The number of rotatable bonds is 4. The Labute approximate surface area is 379 Å². The van der Waals surface area contributed by atoms with Gasteiger partial charge in [0.15, 0.2) is 0 Å². The minimum Gasteiger partial charge on any atom is -0.309 e. The highest BCUT2D eigenvalue weighted by molar-refractivity contribution is 6.12. The van der Waals surface area contributed by atoms with Gasteiger partial charge in [-0.1, -0.05) is 12.1 Å². The molecule has 0 aliphatic carbocycles. The first-order valence-electron chi connectivity index (χ1n) is 19.9. The minimum absolute atomic E-state index is 0.156. The Hall–Kier alpha value is -7.63. The fourth-order valence-corrected chi connectivity index (χ4v) is 8.61. The second-order valence-corrected chi connectivity index (χ2v) is 15.9. The molecule has 0 saturated heterocycles. The van der Waals surface area contributed by atoms with Crippen LogP contribution in [0.1, 0.15) is 38.9 Å². The molecule has 0 aliphatic rings. The summed E-state index contributed by atoms with van der Waals surface area (Å²) in [6, 6.07) is 17.4. The number of hydrogen-bond donors (Lipinski definition) is 0. The van der Waals surface area contributed by atoms with Crippen molar-refractivity contribution in [2.75, 3.05) is 0 Å². The lowest BCUT2D eigenvalue weighted by molar-refractivity contribution is -0.143. The smallest absolute Gasteiger partial charge is 0.309 e. The van der Waals surface area contributed by atoms with E-state index in [2.05, 4.69) is 0 Å². The molecular weight excluding hydrogens is 973 g/mol. The molecule has 0 radical (unpaired) electrons. The largest absolute Gasteiger partial charge is 0.417 e. The molecule has 0 spiro atoms. The number of fused-ring (bicyclic) bond motifs is 6. The van der Waals surface area contributed by atoms with E-state index in [9.17, 15) is 84.3 Å². The van der Waals surface area contributed by atoms with Gasteiger partial charge in [0.2, 0.25) is 0 Å². The molecule has 21 heteroatoms. The third-order valence-corrected chi connectivity index (χ3v) is 11.7. The average molecular weight is 994 g/mol. The van der Waals surface area contributed by atoms with Gasteiger partial charge in [0.05, 0.1) is 78.5 Å². The standard InChI is InChI=1S/C49H21F18N3/c50-44(51,52)25-4-11-40-33(17-25)34-18-26(45(53,54)55)5-12-41(34)69(40)38-9-1-23(22-68)15-31(38)32-16-24(30-8-3-29(48(62,63)64)21-37(30)49(65,66)67)2-10-39(32)70-42-13-6-27(46(56,57)58)19-35(42)36-20-28(47(59,60)61)7-14-43(36)70/h1-21H. The maximum absolute atomic E-state index is 14.7. The third kappa shape index (κ3) is 8.17. The first-order valence-corrected chi connectivity index (χ1v) is 19.9. The van der Waals surface area contributed by atoms with Gasteiger partial charge in [0, 0.05) is 32.7 Å². The van der Waals surface area contributed by atoms with Crippen LogP contribution in [0.5, 0.6) is 0 Å². The van der Waals surface area contributed by atoms with Gasteiger partial charge in [-0.25, -0.2) is 0 Å². The highest BCUT2D eigenvalue weighted by atomic mass is 19.4. The van der Waals surface area contributed by atoms with Crippen LogP contribution in [0.25, 0.3) is 77.2 Å². The molecular formula is C49H21F18N3. The van der Waals surface area contributed by atoms with Gasteiger partial charge in [-0.05, 0) is 126 Å². The van der Waals surface area contributed by atoms with Crippen LogP contribution in [0, 0.1) is 11.3 Å². The fourth-order valence-electron chi connectivity index (χ4n) is 8.61. The number of nitriles is 1. The van der Waals surface area contributed by atoms with Gasteiger partial charge < -0.3 is 9.13 Å². The molecule has 0 atom stereocenters. The van der Waals surface area contributed by atoms with Crippen molar-refractivity contribution in [3.05, 3.63) is 166 Å². The Bertz CT molecular complexity index is 3500. The zero-order valence-corrected chi connectivity index (χ0v) is 34.3. The number of benzene rings is 7. The summed E-state index contributed by atoms with van der Waals surface area (Å²) < 4.78 is 258. The first kappa shape index (κ1) is 47.4. The van der Waals surface area contributed by atoms with E-state index < -0.39 is 92.3 Å². The van der Waals surface area contributed by atoms with Crippen LogP contribution < -0.4 is 0 Å². The van der Waals surface area contributed by atoms with E-state index in [0.29, 0.717) is 60.7 Å². The molecule has 0 fully saturated rings. The quantitative estimate of drug-likeness (QED) is 0.162. The van der Waals surface area contributed by atoms with Crippen LogP contribution in [0.15, 0.2) is 127 Å². The van der Waals surface area contributed by atoms with Crippen LogP contribution in [-0.2, 0) is 37.1 Å². The van der Waals surface area contributed by atoms with E-state index in [4.69, 9.17) is 0 Å². The number of halogens is 18. The second kappa shape index (κ2) is 15.7. The lowest BCUT2D eigenvalue weighted by Gasteiger charge is -2.21. The van der Waals surface area contributed by atoms with Gasteiger partial charge in [0.25, 0.3) is 0 Å². The molecule has 70 heavy (non-hydrogen) atoms. The van der Waals surface area contributed by atoms with Gasteiger partial charge >= 0.3 is 37.1 Å². The van der Waals surface area contributed by atoms with Crippen LogP contribution in [0.2, 0.25) is 0 Å². The lowest BCUT2D eigenvalue weighted by Crippen LogP contribution is -2.12. The predicted molar refractivity (Wildman–Crippen MR) is 221 cm³/mol. The molecule has 2 aromatic heterocycles. The van der Waals surface area contributed by atoms with Crippen molar-refractivity contribution < 1.29 is 79.0 Å². The summed E-state index contributed by atoms with van der Waals surface area (Å²) in [4.78, 5) is 0. The molecule has 0 saturated carbocycles. The van der Waals surface area contributed by atoms with E-state index in [1.165, 1.54) is 16.7 Å². The molecule has 0 unspecified atom stereocenters. The molecule has 0 bridgehead atoms. The average Bonchev–Trinajstić information content (AvgIpc) is 3.78. The Morgan fingerprint density at radius 1 is 0.314 bits per heavy atom. The summed E-state index contributed by atoms with van der Waals surface area (Å²) >= 11 is 0. The summed E-state index contributed by atoms with van der Waals surface area (Å²) in [7, 11) is 0. The normalized spacial score (nSPS) is 13.3. The summed E-state index contributed by atoms with van der Waals surface area (Å²) in [6.07, 6.45) is -30.8.